The molecule has 6 aromatic carbocycles. The van der Waals surface area contributed by atoms with Crippen LogP contribution in [0.25, 0.3) is 0 Å². The fraction of sp³-hybridized carbons (Fsp3) is 0.0500. The Labute approximate surface area is 264 Å². The monoisotopic (exact) mass is 604 g/mol. The van der Waals surface area contributed by atoms with Crippen LogP contribution in [0.3, 0.4) is 0 Å². The molecule has 0 atom stereocenters. The van der Waals surface area contributed by atoms with Gasteiger partial charge in [0.05, 0.1) is 6.54 Å². The number of halogens is 1. The van der Waals surface area contributed by atoms with Gasteiger partial charge in [-0.1, -0.05) is 150 Å². The minimum Gasteiger partial charge on any atom is -0.307 e. The first-order chi connectivity index (χ1) is 22.2. The minimum absolute atomic E-state index is 0.193. The van der Waals surface area contributed by atoms with E-state index in [2.05, 4.69) is 77.8 Å². The largest absolute Gasteiger partial charge is 0.307 e. The molecule has 0 fully saturated rings. The van der Waals surface area contributed by atoms with E-state index in [-0.39, 0.29) is 6.54 Å². The van der Waals surface area contributed by atoms with Gasteiger partial charge in [-0.2, -0.15) is 9.38 Å². The minimum atomic E-state index is -2.64. The van der Waals surface area contributed by atoms with Gasteiger partial charge in [-0.25, -0.2) is 0 Å². The first kappa shape index (κ1) is 28.6. The SMILES string of the molecule is FC1=NC(=N[P+](c2ccccc2)(c2ccccc2)c2ccccc2)CN1C(c1ccccc1)(c1ccccc1)c1ccccc1. The van der Waals surface area contributed by atoms with Crippen LogP contribution in [0.4, 0.5) is 4.39 Å². The number of benzene rings is 6. The zero-order chi connectivity index (χ0) is 30.5. The molecular formula is C40H32FN3P+. The third kappa shape index (κ3) is 5.08. The Morgan fingerprint density at radius 1 is 0.489 bits per heavy atom. The highest BCUT2D eigenvalue weighted by Crippen LogP contribution is 2.57. The van der Waals surface area contributed by atoms with Crippen LogP contribution in [0.5, 0.6) is 0 Å². The molecule has 0 saturated heterocycles. The van der Waals surface area contributed by atoms with E-state index in [0.29, 0.717) is 5.84 Å². The van der Waals surface area contributed by atoms with Crippen molar-refractivity contribution in [1.29, 1.82) is 0 Å². The van der Waals surface area contributed by atoms with E-state index in [1.165, 1.54) is 0 Å². The topological polar surface area (TPSA) is 28.0 Å². The summed E-state index contributed by atoms with van der Waals surface area (Å²) in [5.41, 5.74) is 1.86. The summed E-state index contributed by atoms with van der Waals surface area (Å²) in [7, 11) is -2.64. The predicted octanol–water partition coefficient (Wildman–Crippen LogP) is 7.93. The quantitative estimate of drug-likeness (QED) is 0.0986. The average Bonchev–Trinajstić information content (AvgIpc) is 3.49. The second-order valence-electron chi connectivity index (χ2n) is 10.9. The molecule has 0 saturated carbocycles. The number of aliphatic imine (C=N–C) groups is 1. The molecular weight excluding hydrogens is 572 g/mol. The van der Waals surface area contributed by atoms with Crippen LogP contribution >= 0.6 is 7.41 Å². The molecule has 0 amide bonds. The van der Waals surface area contributed by atoms with Gasteiger partial charge in [0.2, 0.25) is 7.41 Å². The maximum atomic E-state index is 16.8. The van der Waals surface area contributed by atoms with Crippen LogP contribution in [0.2, 0.25) is 0 Å². The van der Waals surface area contributed by atoms with Crippen molar-refractivity contribution in [3.63, 3.8) is 0 Å². The van der Waals surface area contributed by atoms with E-state index in [4.69, 9.17) is 4.76 Å². The lowest BCUT2D eigenvalue weighted by Gasteiger charge is -2.43. The molecule has 7 rings (SSSR count). The molecule has 0 bridgehead atoms. The first-order valence-corrected chi connectivity index (χ1v) is 16.8. The van der Waals surface area contributed by atoms with Gasteiger partial charge >= 0.3 is 0 Å². The number of nitrogens with zero attached hydrogens (tertiary/aromatic N) is 3. The second-order valence-corrected chi connectivity index (χ2v) is 14.0. The molecule has 1 aliphatic heterocycles. The molecule has 0 aliphatic carbocycles. The Balaban J connectivity index is 1.47. The highest BCUT2D eigenvalue weighted by Gasteiger charge is 2.50. The van der Waals surface area contributed by atoms with Crippen molar-refractivity contribution in [3.05, 3.63) is 199 Å². The zero-order valence-corrected chi connectivity index (χ0v) is 25.6. The van der Waals surface area contributed by atoms with Crippen LogP contribution in [-0.2, 0) is 5.54 Å². The van der Waals surface area contributed by atoms with Crippen molar-refractivity contribution >= 4 is 35.3 Å². The summed E-state index contributed by atoms with van der Waals surface area (Å²) in [6.45, 7) is 0.193. The van der Waals surface area contributed by atoms with Crippen molar-refractivity contribution in [2.45, 2.75) is 5.54 Å². The number of hydrogen-bond acceptors (Lipinski definition) is 2. The Kier molecular flexibility index (Phi) is 7.90. The summed E-state index contributed by atoms with van der Waals surface area (Å²) in [6.07, 6.45) is -0.558. The lowest BCUT2D eigenvalue weighted by Crippen LogP contribution is -2.49. The van der Waals surface area contributed by atoms with E-state index >= 15 is 4.39 Å². The average molecular weight is 605 g/mol. The molecule has 0 radical (unpaired) electrons. The molecule has 0 aromatic heterocycles. The van der Waals surface area contributed by atoms with E-state index < -0.39 is 19.0 Å². The summed E-state index contributed by atoms with van der Waals surface area (Å²) in [4.78, 5) is 6.41. The van der Waals surface area contributed by atoms with Crippen molar-refractivity contribution in [1.82, 2.24) is 4.90 Å². The van der Waals surface area contributed by atoms with E-state index in [0.717, 1.165) is 32.6 Å². The molecule has 45 heavy (non-hydrogen) atoms. The Bertz CT molecular complexity index is 1720. The van der Waals surface area contributed by atoms with Gasteiger partial charge in [-0.15, -0.1) is 0 Å². The molecule has 1 heterocycles. The van der Waals surface area contributed by atoms with Crippen LogP contribution in [0.1, 0.15) is 16.7 Å². The van der Waals surface area contributed by atoms with Crippen molar-refractivity contribution in [2.24, 2.45) is 9.76 Å². The maximum absolute atomic E-state index is 16.8. The summed E-state index contributed by atoms with van der Waals surface area (Å²) >= 11 is 0. The Morgan fingerprint density at radius 2 is 0.800 bits per heavy atom. The maximum Gasteiger partial charge on any atom is 0.288 e. The molecule has 6 aromatic rings. The van der Waals surface area contributed by atoms with E-state index in [1.54, 1.807) is 4.90 Å². The summed E-state index contributed by atoms with van der Waals surface area (Å²) in [5, 5.41) is 3.26. The predicted molar refractivity (Wildman–Crippen MR) is 187 cm³/mol. The van der Waals surface area contributed by atoms with Gasteiger partial charge in [-0.05, 0) is 53.1 Å². The van der Waals surface area contributed by atoms with Crippen molar-refractivity contribution in [2.75, 3.05) is 6.54 Å². The molecule has 0 N–H and O–H groups in total. The van der Waals surface area contributed by atoms with E-state index in [1.807, 2.05) is 109 Å². The van der Waals surface area contributed by atoms with E-state index in [9.17, 15) is 0 Å². The summed E-state index contributed by atoms with van der Waals surface area (Å²) in [5.74, 6) is 0.463. The van der Waals surface area contributed by atoms with Crippen LogP contribution < -0.4 is 15.9 Å². The van der Waals surface area contributed by atoms with Gasteiger partial charge in [-0.3, -0.25) is 0 Å². The standard InChI is InChI=1S/C40H32FN3P/c41-39-42-38(43-45(35-25-13-4-14-26-35,36-27-15-5-16-28-36)37-29-17-6-18-30-37)31-44(39)40(32-19-7-1-8-20-32,33-21-9-2-10-22-33)34-23-11-3-12-24-34/h1-30H,31H2/q+1. The van der Waals surface area contributed by atoms with Gasteiger partial charge < -0.3 is 4.90 Å². The lowest BCUT2D eigenvalue weighted by atomic mass is 9.75. The van der Waals surface area contributed by atoms with Crippen molar-refractivity contribution in [3.8, 4) is 0 Å². The Morgan fingerprint density at radius 3 is 1.13 bits per heavy atom. The molecule has 218 valence electrons. The highest BCUT2D eigenvalue weighted by molar-refractivity contribution is 7.94. The zero-order valence-electron chi connectivity index (χ0n) is 24.7. The van der Waals surface area contributed by atoms with Crippen LogP contribution in [0, 0.1) is 0 Å². The second kappa shape index (κ2) is 12.4. The van der Waals surface area contributed by atoms with Gasteiger partial charge in [0.25, 0.3) is 6.09 Å². The number of rotatable bonds is 8. The van der Waals surface area contributed by atoms with Crippen LogP contribution in [-0.4, -0.2) is 23.4 Å². The highest BCUT2D eigenvalue weighted by atomic mass is 31.2. The van der Waals surface area contributed by atoms with Gasteiger partial charge in [0.1, 0.15) is 21.5 Å². The molecule has 1 aliphatic rings. The first-order valence-electron chi connectivity index (χ1n) is 15.1. The molecule has 5 heteroatoms. The van der Waals surface area contributed by atoms with Gasteiger partial charge in [0.15, 0.2) is 5.84 Å². The molecule has 0 unspecified atom stereocenters. The summed E-state index contributed by atoms with van der Waals surface area (Å²) < 4.78 is 22.4. The lowest BCUT2D eigenvalue weighted by molar-refractivity contribution is 0.280. The summed E-state index contributed by atoms with van der Waals surface area (Å²) in [6, 6.07) is 61.5. The van der Waals surface area contributed by atoms with Crippen LogP contribution in [0.15, 0.2) is 192 Å². The third-order valence-corrected chi connectivity index (χ3v) is 12.0. The third-order valence-electron chi connectivity index (χ3n) is 8.38. The van der Waals surface area contributed by atoms with Crippen molar-refractivity contribution < 1.29 is 4.39 Å². The molecule has 3 nitrogen and oxygen atoms in total. The smallest absolute Gasteiger partial charge is 0.288 e. The fourth-order valence-electron chi connectivity index (χ4n) is 6.45. The fourth-order valence-corrected chi connectivity index (χ4v) is 9.96. The Hall–Kier alpha value is -5.18. The van der Waals surface area contributed by atoms with Gasteiger partial charge in [0, 0.05) is 0 Å². The number of amidine groups is 2. The molecule has 0 spiro atoms. The number of hydrogen-bond donors (Lipinski definition) is 0. The normalized spacial score (nSPS) is 14.4.